The Morgan fingerprint density at radius 2 is 1.24 bits per heavy atom. The number of carbonyl (C=O) groups is 1. The van der Waals surface area contributed by atoms with Gasteiger partial charge in [-0.25, -0.2) is 0 Å². The number of benzene rings is 3. The first kappa shape index (κ1) is 15.7. The van der Waals surface area contributed by atoms with Gasteiger partial charge < -0.3 is 9.88 Å². The van der Waals surface area contributed by atoms with Crippen LogP contribution in [-0.4, -0.2) is 18.5 Å². The number of carbonyl (C=O) groups excluding carboxylic acids is 1. The van der Waals surface area contributed by atoms with Crippen molar-refractivity contribution < 1.29 is 9.45 Å². The summed E-state index contributed by atoms with van der Waals surface area (Å²) in [6, 6.07) is 29.5. The van der Waals surface area contributed by atoms with E-state index < -0.39 is 6.48 Å². The lowest BCUT2D eigenvalue weighted by atomic mass is 9.42. The van der Waals surface area contributed by atoms with Crippen LogP contribution in [0.4, 0.5) is 0 Å². The van der Waals surface area contributed by atoms with Crippen molar-refractivity contribution in [2.45, 2.75) is 12.5 Å². The SMILES string of the molecule is O=C1O[B-](c2ccccc2)(c2ccccc2)NC1Cc1ccccc1. The number of hydrogen-bond donors (Lipinski definition) is 1. The molecule has 25 heavy (non-hydrogen) atoms. The van der Waals surface area contributed by atoms with Crippen molar-refractivity contribution >= 4 is 23.4 Å². The van der Waals surface area contributed by atoms with E-state index in [9.17, 15) is 4.79 Å². The summed E-state index contributed by atoms with van der Waals surface area (Å²) in [5.74, 6) is -0.198. The van der Waals surface area contributed by atoms with E-state index >= 15 is 0 Å². The van der Waals surface area contributed by atoms with Gasteiger partial charge in [0.05, 0.1) is 6.04 Å². The minimum atomic E-state index is -1.76. The van der Waals surface area contributed by atoms with Gasteiger partial charge in [-0.2, -0.15) is 0 Å². The van der Waals surface area contributed by atoms with E-state index in [0.717, 1.165) is 16.5 Å². The van der Waals surface area contributed by atoms with Crippen molar-refractivity contribution in [3.05, 3.63) is 96.6 Å². The normalized spacial score (nSPS) is 18.7. The Morgan fingerprint density at radius 1 is 0.760 bits per heavy atom. The van der Waals surface area contributed by atoms with Gasteiger partial charge in [-0.05, 0) is 12.0 Å². The summed E-state index contributed by atoms with van der Waals surface area (Å²) in [5, 5.41) is 3.53. The third-order valence-corrected chi connectivity index (χ3v) is 4.83. The molecule has 0 spiro atoms. The first-order valence-electron chi connectivity index (χ1n) is 8.58. The summed E-state index contributed by atoms with van der Waals surface area (Å²) in [6.07, 6.45) is 0.614. The van der Waals surface area contributed by atoms with E-state index in [1.807, 2.05) is 91.0 Å². The summed E-state index contributed by atoms with van der Waals surface area (Å²) in [4.78, 5) is 12.7. The van der Waals surface area contributed by atoms with E-state index in [-0.39, 0.29) is 12.0 Å². The van der Waals surface area contributed by atoms with Crippen LogP contribution in [0.5, 0.6) is 0 Å². The lowest BCUT2D eigenvalue weighted by molar-refractivity contribution is -0.134. The molecule has 0 aromatic heterocycles. The Morgan fingerprint density at radius 3 is 1.76 bits per heavy atom. The van der Waals surface area contributed by atoms with Crippen LogP contribution in [0.3, 0.4) is 0 Å². The fraction of sp³-hybridized carbons (Fsp3) is 0.0952. The Kier molecular flexibility index (Phi) is 4.12. The summed E-state index contributed by atoms with van der Waals surface area (Å²) in [6.45, 7) is -1.76. The van der Waals surface area contributed by atoms with Gasteiger partial charge in [-0.3, -0.25) is 4.79 Å². The summed E-state index contributed by atoms with van der Waals surface area (Å²) < 4.78 is 6.02. The third kappa shape index (κ3) is 2.97. The van der Waals surface area contributed by atoms with Crippen molar-refractivity contribution in [1.82, 2.24) is 5.23 Å². The van der Waals surface area contributed by atoms with Gasteiger partial charge in [-0.15, -0.1) is 10.9 Å². The van der Waals surface area contributed by atoms with Crippen LogP contribution in [0.1, 0.15) is 5.56 Å². The molecule has 1 saturated heterocycles. The molecule has 4 heteroatoms. The third-order valence-electron chi connectivity index (χ3n) is 4.83. The molecular weight excluding hydrogens is 309 g/mol. The second-order valence-corrected chi connectivity index (χ2v) is 6.45. The Hall–Kier alpha value is -2.85. The molecule has 0 bridgehead atoms. The van der Waals surface area contributed by atoms with Crippen LogP contribution < -0.4 is 16.2 Å². The fourth-order valence-electron chi connectivity index (χ4n) is 3.60. The molecule has 3 aromatic rings. The summed E-state index contributed by atoms with van der Waals surface area (Å²) >= 11 is 0. The molecule has 0 saturated carbocycles. The Balaban J connectivity index is 1.72. The molecule has 124 valence electrons. The van der Waals surface area contributed by atoms with Gasteiger partial charge in [0, 0.05) is 0 Å². The largest absolute Gasteiger partial charge is 0.667 e. The van der Waals surface area contributed by atoms with Gasteiger partial charge >= 0.3 is 0 Å². The molecular formula is C21H19BNO2-. The van der Waals surface area contributed by atoms with E-state index in [0.29, 0.717) is 6.42 Å². The highest BCUT2D eigenvalue weighted by molar-refractivity contribution is 6.97. The van der Waals surface area contributed by atoms with Gasteiger partial charge in [0.15, 0.2) is 0 Å². The molecule has 0 radical (unpaired) electrons. The van der Waals surface area contributed by atoms with Crippen LogP contribution in [0.15, 0.2) is 91.0 Å². The number of rotatable bonds is 4. The number of hydrogen-bond acceptors (Lipinski definition) is 3. The molecule has 0 aliphatic carbocycles. The van der Waals surface area contributed by atoms with Crippen LogP contribution in [0, 0.1) is 0 Å². The minimum Gasteiger partial charge on any atom is -0.667 e. The van der Waals surface area contributed by atoms with Gasteiger partial charge in [0.1, 0.15) is 0 Å². The maximum Gasteiger partial charge on any atom is 0.293 e. The van der Waals surface area contributed by atoms with Crippen LogP contribution in [0.2, 0.25) is 0 Å². The van der Waals surface area contributed by atoms with Crippen molar-refractivity contribution in [1.29, 1.82) is 0 Å². The van der Waals surface area contributed by atoms with Crippen molar-refractivity contribution in [3.63, 3.8) is 0 Å². The highest BCUT2D eigenvalue weighted by atomic mass is 16.5. The molecule has 1 aliphatic rings. The zero-order chi connectivity index (χ0) is 17.1. The first-order chi connectivity index (χ1) is 12.3. The van der Waals surface area contributed by atoms with Gasteiger partial charge in [0.2, 0.25) is 0 Å². The van der Waals surface area contributed by atoms with Crippen LogP contribution in [-0.2, 0) is 15.9 Å². The van der Waals surface area contributed by atoms with E-state index in [1.54, 1.807) is 0 Å². The zero-order valence-electron chi connectivity index (χ0n) is 13.8. The van der Waals surface area contributed by atoms with E-state index in [2.05, 4.69) is 5.23 Å². The van der Waals surface area contributed by atoms with Gasteiger partial charge in [-0.1, -0.05) is 91.0 Å². The summed E-state index contributed by atoms with van der Waals surface area (Å²) in [7, 11) is 0. The molecule has 1 atom stereocenters. The fourth-order valence-corrected chi connectivity index (χ4v) is 3.60. The quantitative estimate of drug-likeness (QED) is 0.745. The van der Waals surface area contributed by atoms with Crippen molar-refractivity contribution in [2.24, 2.45) is 0 Å². The molecule has 4 rings (SSSR count). The molecule has 1 N–H and O–H groups in total. The maximum absolute atomic E-state index is 12.7. The lowest BCUT2D eigenvalue weighted by Gasteiger charge is -2.37. The second kappa shape index (κ2) is 6.57. The first-order valence-corrected chi connectivity index (χ1v) is 8.58. The molecule has 3 nitrogen and oxygen atoms in total. The monoisotopic (exact) mass is 328 g/mol. The van der Waals surface area contributed by atoms with Crippen LogP contribution >= 0.6 is 0 Å². The van der Waals surface area contributed by atoms with E-state index in [4.69, 9.17) is 4.65 Å². The highest BCUT2D eigenvalue weighted by Gasteiger charge is 2.43. The molecule has 3 aromatic carbocycles. The second-order valence-electron chi connectivity index (χ2n) is 6.45. The topological polar surface area (TPSA) is 38.3 Å². The smallest absolute Gasteiger partial charge is 0.293 e. The van der Waals surface area contributed by atoms with Crippen molar-refractivity contribution in [2.75, 3.05) is 0 Å². The lowest BCUT2D eigenvalue weighted by Crippen LogP contribution is -2.68. The number of nitrogens with one attached hydrogen (secondary N) is 1. The predicted molar refractivity (Wildman–Crippen MR) is 101 cm³/mol. The average Bonchev–Trinajstić information content (AvgIpc) is 3.01. The Labute approximate surface area is 147 Å². The molecule has 1 aliphatic heterocycles. The van der Waals surface area contributed by atoms with Crippen molar-refractivity contribution in [3.8, 4) is 0 Å². The minimum absolute atomic E-state index is 0.198. The zero-order valence-corrected chi connectivity index (χ0v) is 13.8. The summed E-state index contributed by atoms with van der Waals surface area (Å²) in [5.41, 5.74) is 3.08. The van der Waals surface area contributed by atoms with Crippen LogP contribution in [0.25, 0.3) is 0 Å². The standard InChI is InChI=1S/C21H19BNO2/c24-21-20(16-17-10-4-1-5-11-17)23-22(25-21,18-12-6-2-7-13-18)19-14-8-3-9-15-19/h1-15,20,23H,16H2/q-1. The Bertz CT molecular complexity index is 813. The van der Waals surface area contributed by atoms with Gasteiger partial charge in [0.25, 0.3) is 12.5 Å². The average molecular weight is 328 g/mol. The maximum atomic E-state index is 12.7. The molecule has 0 amide bonds. The van der Waals surface area contributed by atoms with E-state index in [1.165, 1.54) is 0 Å². The predicted octanol–water partition coefficient (Wildman–Crippen LogP) is 2.00. The molecule has 1 heterocycles. The molecule has 1 unspecified atom stereocenters. The highest BCUT2D eigenvalue weighted by Crippen LogP contribution is 2.17. The molecule has 1 fully saturated rings.